The molecule has 3 nitrogen and oxygen atoms in total. The van der Waals surface area contributed by atoms with Crippen LogP contribution in [0.2, 0.25) is 0 Å². The summed E-state index contributed by atoms with van der Waals surface area (Å²) in [7, 11) is 0. The molecule has 3 heteroatoms. The number of aromatic nitrogens is 2. The average Bonchev–Trinajstić information content (AvgIpc) is 2.21. The lowest BCUT2D eigenvalue weighted by Crippen LogP contribution is -2.32. The lowest BCUT2D eigenvalue weighted by Gasteiger charge is -2.20. The number of nitrogens with zero attached hydrogens (tertiary/aromatic N) is 2. The lowest BCUT2D eigenvalue weighted by atomic mass is 9.99. The minimum Gasteiger partial charge on any atom is -0.314 e. The zero-order chi connectivity index (χ0) is 12.0. The van der Waals surface area contributed by atoms with Crippen LogP contribution >= 0.6 is 0 Å². The number of aryl methyl sites for hydroxylation is 1. The van der Waals surface area contributed by atoms with Crippen LogP contribution in [-0.4, -0.2) is 22.6 Å². The lowest BCUT2D eigenvalue weighted by molar-refractivity contribution is 0.420. The standard InChI is InChI=1S/C13H23N3/c1-5-14-12(8-10(2)3)9-13-11(4)15-6-7-16-13/h6-7,10,12,14H,5,8-9H2,1-4H3. The average molecular weight is 221 g/mol. The fraction of sp³-hybridized carbons (Fsp3) is 0.692. The molecule has 0 spiro atoms. The fourth-order valence-electron chi connectivity index (χ4n) is 1.97. The molecule has 0 amide bonds. The minimum atomic E-state index is 0.514. The monoisotopic (exact) mass is 221 g/mol. The maximum Gasteiger partial charge on any atom is 0.0631 e. The van der Waals surface area contributed by atoms with Gasteiger partial charge in [0.15, 0.2) is 0 Å². The van der Waals surface area contributed by atoms with E-state index in [0.717, 1.165) is 24.4 Å². The summed E-state index contributed by atoms with van der Waals surface area (Å²) >= 11 is 0. The van der Waals surface area contributed by atoms with Gasteiger partial charge in [-0.2, -0.15) is 0 Å². The van der Waals surface area contributed by atoms with Gasteiger partial charge in [0.1, 0.15) is 0 Å². The van der Waals surface area contributed by atoms with E-state index >= 15 is 0 Å². The Morgan fingerprint density at radius 1 is 1.25 bits per heavy atom. The molecule has 1 unspecified atom stereocenters. The Hall–Kier alpha value is -0.960. The summed E-state index contributed by atoms with van der Waals surface area (Å²) < 4.78 is 0. The molecule has 0 radical (unpaired) electrons. The number of likely N-dealkylation sites (N-methyl/N-ethyl adjacent to an activating group) is 1. The molecule has 1 heterocycles. The number of hydrogen-bond donors (Lipinski definition) is 1. The Morgan fingerprint density at radius 2 is 1.94 bits per heavy atom. The van der Waals surface area contributed by atoms with E-state index < -0.39 is 0 Å². The van der Waals surface area contributed by atoms with Gasteiger partial charge in [0.25, 0.3) is 0 Å². The Bertz CT molecular complexity index is 310. The second kappa shape index (κ2) is 6.59. The van der Waals surface area contributed by atoms with Crippen LogP contribution in [0.3, 0.4) is 0 Å². The van der Waals surface area contributed by atoms with Crippen molar-refractivity contribution in [2.24, 2.45) is 5.92 Å². The molecule has 90 valence electrons. The highest BCUT2D eigenvalue weighted by atomic mass is 14.9. The van der Waals surface area contributed by atoms with Crippen molar-refractivity contribution in [1.29, 1.82) is 0 Å². The van der Waals surface area contributed by atoms with E-state index in [0.29, 0.717) is 12.0 Å². The van der Waals surface area contributed by atoms with Crippen LogP contribution in [0, 0.1) is 12.8 Å². The summed E-state index contributed by atoms with van der Waals surface area (Å²) in [5, 5.41) is 3.52. The molecule has 0 aliphatic rings. The van der Waals surface area contributed by atoms with Gasteiger partial charge < -0.3 is 5.32 Å². The van der Waals surface area contributed by atoms with Gasteiger partial charge in [-0.05, 0) is 25.8 Å². The van der Waals surface area contributed by atoms with Crippen molar-refractivity contribution < 1.29 is 0 Å². The molecule has 0 saturated heterocycles. The third-order valence-corrected chi connectivity index (χ3v) is 2.67. The molecule has 0 bridgehead atoms. The molecule has 0 aliphatic heterocycles. The molecule has 0 aromatic carbocycles. The number of rotatable bonds is 6. The highest BCUT2D eigenvalue weighted by molar-refractivity contribution is 5.09. The second-order valence-electron chi connectivity index (χ2n) is 4.68. The third-order valence-electron chi connectivity index (χ3n) is 2.67. The molecule has 16 heavy (non-hydrogen) atoms. The van der Waals surface area contributed by atoms with Gasteiger partial charge >= 0.3 is 0 Å². The van der Waals surface area contributed by atoms with Gasteiger partial charge in [0.05, 0.1) is 11.4 Å². The van der Waals surface area contributed by atoms with E-state index in [1.165, 1.54) is 6.42 Å². The van der Waals surface area contributed by atoms with Crippen LogP contribution in [-0.2, 0) is 6.42 Å². The van der Waals surface area contributed by atoms with Gasteiger partial charge in [-0.15, -0.1) is 0 Å². The van der Waals surface area contributed by atoms with Crippen LogP contribution in [0.5, 0.6) is 0 Å². The zero-order valence-electron chi connectivity index (χ0n) is 10.8. The molecule has 1 atom stereocenters. The van der Waals surface area contributed by atoms with Crippen molar-refractivity contribution in [3.8, 4) is 0 Å². The second-order valence-corrected chi connectivity index (χ2v) is 4.68. The van der Waals surface area contributed by atoms with Crippen LogP contribution < -0.4 is 5.32 Å². The predicted molar refractivity (Wildman–Crippen MR) is 67.4 cm³/mol. The molecule has 0 aliphatic carbocycles. The molecule has 0 fully saturated rings. The SMILES string of the molecule is CCNC(Cc1nccnc1C)CC(C)C. The molecule has 1 rings (SSSR count). The summed E-state index contributed by atoms with van der Waals surface area (Å²) in [5.41, 5.74) is 2.17. The summed E-state index contributed by atoms with van der Waals surface area (Å²) in [5.74, 6) is 0.709. The number of hydrogen-bond acceptors (Lipinski definition) is 3. The summed E-state index contributed by atoms with van der Waals surface area (Å²) in [6.45, 7) is 9.70. The maximum absolute atomic E-state index is 4.41. The highest BCUT2D eigenvalue weighted by Gasteiger charge is 2.12. The van der Waals surface area contributed by atoms with E-state index in [4.69, 9.17) is 0 Å². The van der Waals surface area contributed by atoms with E-state index in [-0.39, 0.29) is 0 Å². The first kappa shape index (κ1) is 13.1. The topological polar surface area (TPSA) is 37.8 Å². The van der Waals surface area contributed by atoms with Gasteiger partial charge in [-0.1, -0.05) is 20.8 Å². The van der Waals surface area contributed by atoms with Crippen LogP contribution in [0.15, 0.2) is 12.4 Å². The highest BCUT2D eigenvalue weighted by Crippen LogP contribution is 2.11. The summed E-state index contributed by atoms with van der Waals surface area (Å²) in [6, 6.07) is 0.514. The molecule has 1 N–H and O–H groups in total. The normalized spacial score (nSPS) is 13.1. The van der Waals surface area contributed by atoms with Crippen molar-refractivity contribution >= 4 is 0 Å². The van der Waals surface area contributed by atoms with Crippen molar-refractivity contribution in [3.05, 3.63) is 23.8 Å². The van der Waals surface area contributed by atoms with Crippen molar-refractivity contribution in [1.82, 2.24) is 15.3 Å². The van der Waals surface area contributed by atoms with Crippen molar-refractivity contribution in [2.45, 2.75) is 46.6 Å². The molecule has 1 aromatic heterocycles. The Balaban J connectivity index is 2.64. The van der Waals surface area contributed by atoms with E-state index in [1.807, 2.05) is 6.92 Å². The quantitative estimate of drug-likeness (QED) is 0.801. The Morgan fingerprint density at radius 3 is 2.50 bits per heavy atom. The summed E-state index contributed by atoms with van der Waals surface area (Å²) in [6.07, 6.45) is 5.69. The largest absolute Gasteiger partial charge is 0.314 e. The molecule has 1 aromatic rings. The first-order valence-corrected chi connectivity index (χ1v) is 6.13. The maximum atomic E-state index is 4.41. The molecule has 0 saturated carbocycles. The smallest absolute Gasteiger partial charge is 0.0631 e. The summed E-state index contributed by atoms with van der Waals surface area (Å²) in [4.78, 5) is 8.69. The van der Waals surface area contributed by atoms with Gasteiger partial charge in [-0.25, -0.2) is 0 Å². The first-order valence-electron chi connectivity index (χ1n) is 6.13. The van der Waals surface area contributed by atoms with Crippen molar-refractivity contribution in [3.63, 3.8) is 0 Å². The van der Waals surface area contributed by atoms with Crippen LogP contribution in [0.1, 0.15) is 38.6 Å². The van der Waals surface area contributed by atoms with E-state index in [1.54, 1.807) is 12.4 Å². The minimum absolute atomic E-state index is 0.514. The van der Waals surface area contributed by atoms with Gasteiger partial charge in [0, 0.05) is 24.9 Å². The number of nitrogens with one attached hydrogen (secondary N) is 1. The fourth-order valence-corrected chi connectivity index (χ4v) is 1.97. The predicted octanol–water partition coefficient (Wildman–Crippen LogP) is 2.35. The van der Waals surface area contributed by atoms with Gasteiger partial charge in [-0.3, -0.25) is 9.97 Å². The van der Waals surface area contributed by atoms with E-state index in [2.05, 4.69) is 36.1 Å². The Labute approximate surface area is 98.7 Å². The van der Waals surface area contributed by atoms with Gasteiger partial charge in [0.2, 0.25) is 0 Å². The molecular weight excluding hydrogens is 198 g/mol. The molecular formula is C13H23N3. The third kappa shape index (κ3) is 4.27. The van der Waals surface area contributed by atoms with Crippen LogP contribution in [0.4, 0.5) is 0 Å². The van der Waals surface area contributed by atoms with Crippen LogP contribution in [0.25, 0.3) is 0 Å². The van der Waals surface area contributed by atoms with Crippen molar-refractivity contribution in [2.75, 3.05) is 6.54 Å². The first-order chi connectivity index (χ1) is 7.63. The zero-order valence-corrected chi connectivity index (χ0v) is 10.8. The van der Waals surface area contributed by atoms with E-state index in [9.17, 15) is 0 Å². The Kier molecular flexibility index (Phi) is 5.39.